The van der Waals surface area contributed by atoms with Crippen molar-refractivity contribution in [3.63, 3.8) is 0 Å². The lowest BCUT2D eigenvalue weighted by molar-refractivity contribution is -0.113. The van der Waals surface area contributed by atoms with E-state index in [1.807, 2.05) is 17.4 Å². The first kappa shape index (κ1) is 16.7. The van der Waals surface area contributed by atoms with Crippen LogP contribution in [-0.2, 0) is 17.6 Å². The van der Waals surface area contributed by atoms with Gasteiger partial charge in [-0.05, 0) is 29.7 Å². The molecule has 3 unspecified atom stereocenters. The molecule has 3 nitrogen and oxygen atoms in total. The van der Waals surface area contributed by atoms with Gasteiger partial charge in [-0.1, -0.05) is 31.2 Å². The molecule has 23 heavy (non-hydrogen) atoms. The minimum absolute atomic E-state index is 0.0394. The average molecular weight is 332 g/mol. The van der Waals surface area contributed by atoms with E-state index in [1.165, 1.54) is 15.3 Å². The van der Waals surface area contributed by atoms with E-state index in [2.05, 4.69) is 37.3 Å². The molecule has 1 aliphatic rings. The molecule has 3 atom stereocenters. The molecule has 0 radical (unpaired) electrons. The Kier molecular flexibility index (Phi) is 5.49. The number of benzene rings is 1. The number of rotatable bonds is 5. The Hall–Kier alpha value is -1.20. The molecule has 1 aromatic carbocycles. The smallest absolute Gasteiger partial charge is 0.0854 e. The summed E-state index contributed by atoms with van der Waals surface area (Å²) < 4.78 is 5.91. The second kappa shape index (κ2) is 7.58. The molecule has 0 aliphatic carbocycles. The van der Waals surface area contributed by atoms with Crippen molar-refractivity contribution >= 4 is 11.3 Å². The topological polar surface area (TPSA) is 49.7 Å². The van der Waals surface area contributed by atoms with Gasteiger partial charge in [0.15, 0.2) is 0 Å². The molecule has 1 aromatic heterocycles. The molecule has 1 fully saturated rings. The van der Waals surface area contributed by atoms with Crippen molar-refractivity contribution in [1.82, 2.24) is 0 Å². The number of aliphatic hydroxyl groups excluding tert-OH is 2. The van der Waals surface area contributed by atoms with Gasteiger partial charge in [-0.2, -0.15) is 0 Å². The summed E-state index contributed by atoms with van der Waals surface area (Å²) in [6.07, 6.45) is 2.32. The first-order valence-electron chi connectivity index (χ1n) is 8.28. The summed E-state index contributed by atoms with van der Waals surface area (Å²) in [7, 11) is 0. The van der Waals surface area contributed by atoms with Crippen molar-refractivity contribution in [2.24, 2.45) is 0 Å². The Morgan fingerprint density at radius 2 is 2.00 bits per heavy atom. The van der Waals surface area contributed by atoms with Gasteiger partial charge < -0.3 is 14.9 Å². The van der Waals surface area contributed by atoms with Crippen LogP contribution >= 0.6 is 11.3 Å². The van der Waals surface area contributed by atoms with Crippen LogP contribution in [0.1, 0.15) is 46.8 Å². The molecule has 3 rings (SSSR count). The summed E-state index contributed by atoms with van der Waals surface area (Å²) in [6.45, 7) is 2.14. The van der Waals surface area contributed by atoms with Gasteiger partial charge in [0.25, 0.3) is 0 Å². The van der Waals surface area contributed by atoms with Crippen molar-refractivity contribution in [3.8, 4) is 0 Å². The van der Waals surface area contributed by atoms with Gasteiger partial charge in [-0.3, -0.25) is 0 Å². The predicted octanol–water partition coefficient (Wildman–Crippen LogP) is 3.47. The third-order valence-corrected chi connectivity index (χ3v) is 5.58. The molecule has 1 aliphatic heterocycles. The molecule has 1 saturated heterocycles. The second-order valence-corrected chi connectivity index (χ2v) is 7.45. The summed E-state index contributed by atoms with van der Waals surface area (Å²) in [4.78, 5) is 2.79. The van der Waals surface area contributed by atoms with E-state index in [0.29, 0.717) is 12.8 Å². The number of thiophene rings is 1. The maximum absolute atomic E-state index is 9.99. The Bertz CT molecular complexity index is 637. The quantitative estimate of drug-likeness (QED) is 0.881. The first-order valence-corrected chi connectivity index (χ1v) is 9.10. The largest absolute Gasteiger partial charge is 0.394 e. The zero-order valence-electron chi connectivity index (χ0n) is 13.4. The molecule has 4 heteroatoms. The summed E-state index contributed by atoms with van der Waals surface area (Å²) in [5, 5.41) is 19.3. The monoisotopic (exact) mass is 332 g/mol. The van der Waals surface area contributed by atoms with Crippen LogP contribution in [-0.4, -0.2) is 29.0 Å². The summed E-state index contributed by atoms with van der Waals surface area (Å²) in [5.41, 5.74) is 2.35. The maximum Gasteiger partial charge on any atom is 0.0854 e. The third-order valence-electron chi connectivity index (χ3n) is 4.35. The predicted molar refractivity (Wildman–Crippen MR) is 92.9 cm³/mol. The molecule has 2 heterocycles. The summed E-state index contributed by atoms with van der Waals surface area (Å²) in [5.74, 6) is 0. The zero-order valence-corrected chi connectivity index (χ0v) is 14.3. The lowest BCUT2D eigenvalue weighted by Crippen LogP contribution is -2.33. The lowest BCUT2D eigenvalue weighted by Gasteiger charge is -2.32. The van der Waals surface area contributed by atoms with Crippen LogP contribution < -0.4 is 0 Å². The molecule has 0 bridgehead atoms. The van der Waals surface area contributed by atoms with E-state index in [9.17, 15) is 10.2 Å². The molecule has 124 valence electrons. The van der Waals surface area contributed by atoms with Gasteiger partial charge in [0.05, 0.1) is 24.9 Å². The fourth-order valence-electron chi connectivity index (χ4n) is 3.13. The summed E-state index contributed by atoms with van der Waals surface area (Å²) in [6, 6.07) is 12.8. The van der Waals surface area contributed by atoms with E-state index in [0.717, 1.165) is 18.4 Å². The number of hydrogen-bond donors (Lipinski definition) is 2. The molecule has 2 aromatic rings. The number of aliphatic hydroxyl groups is 2. The SMILES string of the molecule is CCc1ccc(Cc2cccc(C3CC(O)CC(CO)O3)c2)s1. The number of hydrogen-bond acceptors (Lipinski definition) is 4. The van der Waals surface area contributed by atoms with Crippen LogP contribution in [0, 0.1) is 0 Å². The highest BCUT2D eigenvalue weighted by Crippen LogP contribution is 2.32. The first-order chi connectivity index (χ1) is 11.2. The van der Waals surface area contributed by atoms with Crippen molar-refractivity contribution < 1.29 is 14.9 Å². The number of ether oxygens (including phenoxy) is 1. The standard InChI is InChI=1S/C19H24O3S/c1-2-17-6-7-18(23-17)9-13-4-3-5-14(8-13)19-11-15(21)10-16(12-20)22-19/h3-8,15-16,19-21H,2,9-12H2,1H3. The van der Waals surface area contributed by atoms with Crippen molar-refractivity contribution in [3.05, 3.63) is 57.3 Å². The fraction of sp³-hybridized carbons (Fsp3) is 0.474. The lowest BCUT2D eigenvalue weighted by atomic mass is 9.95. The van der Waals surface area contributed by atoms with Gasteiger partial charge in [-0.15, -0.1) is 11.3 Å². The Morgan fingerprint density at radius 3 is 2.74 bits per heavy atom. The maximum atomic E-state index is 9.99. The highest BCUT2D eigenvalue weighted by Gasteiger charge is 2.28. The normalized spacial score (nSPS) is 24.7. The van der Waals surface area contributed by atoms with E-state index in [1.54, 1.807) is 0 Å². The number of aryl methyl sites for hydroxylation is 1. The van der Waals surface area contributed by atoms with E-state index < -0.39 is 6.10 Å². The Morgan fingerprint density at radius 1 is 1.17 bits per heavy atom. The van der Waals surface area contributed by atoms with E-state index in [-0.39, 0.29) is 18.8 Å². The summed E-state index contributed by atoms with van der Waals surface area (Å²) >= 11 is 1.87. The zero-order chi connectivity index (χ0) is 16.2. The van der Waals surface area contributed by atoms with Gasteiger partial charge in [0.1, 0.15) is 0 Å². The Balaban J connectivity index is 1.74. The molecular weight excluding hydrogens is 308 g/mol. The second-order valence-electron chi connectivity index (χ2n) is 6.20. The highest BCUT2D eigenvalue weighted by atomic mass is 32.1. The van der Waals surface area contributed by atoms with Crippen molar-refractivity contribution in [2.75, 3.05) is 6.61 Å². The minimum Gasteiger partial charge on any atom is -0.394 e. The van der Waals surface area contributed by atoms with Gasteiger partial charge in [0.2, 0.25) is 0 Å². The van der Waals surface area contributed by atoms with Gasteiger partial charge >= 0.3 is 0 Å². The molecule has 2 N–H and O–H groups in total. The minimum atomic E-state index is -0.404. The molecular formula is C19H24O3S. The molecule has 0 spiro atoms. The van der Waals surface area contributed by atoms with Gasteiger partial charge in [-0.25, -0.2) is 0 Å². The highest BCUT2D eigenvalue weighted by molar-refractivity contribution is 7.12. The van der Waals surface area contributed by atoms with Crippen LogP contribution in [0.25, 0.3) is 0 Å². The van der Waals surface area contributed by atoms with Crippen LogP contribution in [0.3, 0.4) is 0 Å². The van der Waals surface area contributed by atoms with Crippen LogP contribution in [0.5, 0.6) is 0 Å². The van der Waals surface area contributed by atoms with Crippen molar-refractivity contribution in [2.45, 2.75) is 50.9 Å². The van der Waals surface area contributed by atoms with Crippen LogP contribution in [0.15, 0.2) is 36.4 Å². The Labute approximate surface area is 141 Å². The molecule has 0 saturated carbocycles. The third kappa shape index (κ3) is 4.21. The van der Waals surface area contributed by atoms with Crippen LogP contribution in [0.4, 0.5) is 0 Å². The van der Waals surface area contributed by atoms with Gasteiger partial charge in [0, 0.05) is 29.0 Å². The van der Waals surface area contributed by atoms with Crippen LogP contribution in [0.2, 0.25) is 0 Å². The average Bonchev–Trinajstić information content (AvgIpc) is 3.02. The fourth-order valence-corrected chi connectivity index (χ4v) is 4.13. The molecule has 0 amide bonds. The van der Waals surface area contributed by atoms with E-state index in [4.69, 9.17) is 4.74 Å². The van der Waals surface area contributed by atoms with E-state index >= 15 is 0 Å². The van der Waals surface area contributed by atoms with Crippen molar-refractivity contribution in [1.29, 1.82) is 0 Å².